The van der Waals surface area contributed by atoms with E-state index in [0.29, 0.717) is 5.02 Å². The van der Waals surface area contributed by atoms with Crippen LogP contribution in [0.2, 0.25) is 5.02 Å². The lowest BCUT2D eigenvalue weighted by Crippen LogP contribution is -2.25. The molecular formula is C16H15BrClNO. The van der Waals surface area contributed by atoms with Crippen molar-refractivity contribution in [3.63, 3.8) is 0 Å². The van der Waals surface area contributed by atoms with E-state index < -0.39 is 0 Å². The molecule has 0 bridgehead atoms. The molecule has 2 nitrogen and oxygen atoms in total. The fourth-order valence-corrected chi connectivity index (χ4v) is 3.18. The van der Waals surface area contributed by atoms with Crippen LogP contribution in [0.25, 0.3) is 0 Å². The SMILES string of the molecule is Clc1ccc(OC2CCc3ccccc3NC2)c(Br)c1. The number of hydrogen-bond donors (Lipinski definition) is 1. The second-order valence-corrected chi connectivity index (χ2v) is 6.18. The van der Waals surface area contributed by atoms with Gasteiger partial charge in [-0.3, -0.25) is 0 Å². The summed E-state index contributed by atoms with van der Waals surface area (Å²) >= 11 is 9.44. The highest BCUT2D eigenvalue weighted by molar-refractivity contribution is 9.10. The molecule has 20 heavy (non-hydrogen) atoms. The molecule has 0 spiro atoms. The Labute approximate surface area is 132 Å². The summed E-state index contributed by atoms with van der Waals surface area (Å²) in [6.07, 6.45) is 2.18. The van der Waals surface area contributed by atoms with E-state index in [9.17, 15) is 0 Å². The number of ether oxygens (including phenoxy) is 1. The van der Waals surface area contributed by atoms with E-state index in [1.54, 1.807) is 0 Å². The summed E-state index contributed by atoms with van der Waals surface area (Å²) in [7, 11) is 0. The summed E-state index contributed by atoms with van der Waals surface area (Å²) in [5.74, 6) is 0.840. The average Bonchev–Trinajstić information content (AvgIpc) is 2.65. The molecule has 1 aliphatic heterocycles. The average molecular weight is 353 g/mol. The number of aryl methyl sites for hydroxylation is 1. The van der Waals surface area contributed by atoms with Crippen LogP contribution in [0, 0.1) is 0 Å². The van der Waals surface area contributed by atoms with Crippen LogP contribution >= 0.6 is 27.5 Å². The normalized spacial score (nSPS) is 17.8. The zero-order valence-corrected chi connectivity index (χ0v) is 13.2. The van der Waals surface area contributed by atoms with E-state index in [4.69, 9.17) is 16.3 Å². The van der Waals surface area contributed by atoms with Gasteiger partial charge < -0.3 is 10.1 Å². The topological polar surface area (TPSA) is 21.3 Å². The van der Waals surface area contributed by atoms with Gasteiger partial charge in [0.05, 0.1) is 11.0 Å². The van der Waals surface area contributed by atoms with E-state index in [0.717, 1.165) is 29.6 Å². The molecule has 0 radical (unpaired) electrons. The van der Waals surface area contributed by atoms with E-state index >= 15 is 0 Å². The van der Waals surface area contributed by atoms with Crippen LogP contribution in [-0.4, -0.2) is 12.6 Å². The van der Waals surface area contributed by atoms with E-state index in [2.05, 4.69) is 45.5 Å². The summed E-state index contributed by atoms with van der Waals surface area (Å²) in [6, 6.07) is 14.0. The van der Waals surface area contributed by atoms with Gasteiger partial charge in [0.2, 0.25) is 0 Å². The van der Waals surface area contributed by atoms with Gasteiger partial charge in [0.1, 0.15) is 11.9 Å². The summed E-state index contributed by atoms with van der Waals surface area (Å²) in [6.45, 7) is 0.812. The summed E-state index contributed by atoms with van der Waals surface area (Å²) in [5.41, 5.74) is 2.57. The third kappa shape index (κ3) is 3.10. The van der Waals surface area contributed by atoms with Crippen molar-refractivity contribution < 1.29 is 4.74 Å². The maximum Gasteiger partial charge on any atom is 0.134 e. The molecule has 0 amide bonds. The first kappa shape index (κ1) is 13.8. The Kier molecular flexibility index (Phi) is 4.18. The molecule has 0 saturated heterocycles. The molecule has 0 aliphatic carbocycles. The maximum atomic E-state index is 6.08. The molecule has 1 aliphatic rings. The van der Waals surface area contributed by atoms with Crippen LogP contribution in [-0.2, 0) is 6.42 Å². The van der Waals surface area contributed by atoms with Crippen LogP contribution in [0.15, 0.2) is 46.9 Å². The highest BCUT2D eigenvalue weighted by Gasteiger charge is 2.17. The van der Waals surface area contributed by atoms with E-state index in [1.165, 1.54) is 11.3 Å². The summed E-state index contributed by atoms with van der Waals surface area (Å²) in [5, 5.41) is 4.16. The monoisotopic (exact) mass is 351 g/mol. The molecule has 3 rings (SSSR count). The number of halogens is 2. The van der Waals surface area contributed by atoms with Crippen molar-refractivity contribution in [1.29, 1.82) is 0 Å². The van der Waals surface area contributed by atoms with Gasteiger partial charge in [0, 0.05) is 10.7 Å². The van der Waals surface area contributed by atoms with Gasteiger partial charge in [0.15, 0.2) is 0 Å². The first-order valence-electron chi connectivity index (χ1n) is 6.66. The molecule has 0 saturated carbocycles. The summed E-state index contributed by atoms with van der Waals surface area (Å²) < 4.78 is 6.98. The van der Waals surface area contributed by atoms with Crippen molar-refractivity contribution in [3.8, 4) is 5.75 Å². The predicted molar refractivity (Wildman–Crippen MR) is 86.8 cm³/mol. The Balaban J connectivity index is 1.71. The molecule has 2 aromatic carbocycles. The molecule has 104 valence electrons. The third-order valence-electron chi connectivity index (χ3n) is 3.46. The van der Waals surface area contributed by atoms with Crippen LogP contribution < -0.4 is 10.1 Å². The highest BCUT2D eigenvalue weighted by atomic mass is 79.9. The number of fused-ring (bicyclic) bond motifs is 1. The van der Waals surface area contributed by atoms with Gasteiger partial charge in [-0.2, -0.15) is 0 Å². The Bertz CT molecular complexity index is 590. The minimum Gasteiger partial charge on any atom is -0.487 e. The Morgan fingerprint density at radius 2 is 2.05 bits per heavy atom. The zero-order chi connectivity index (χ0) is 13.9. The van der Waals surface area contributed by atoms with Gasteiger partial charge in [0.25, 0.3) is 0 Å². The van der Waals surface area contributed by atoms with E-state index in [1.807, 2.05) is 18.2 Å². The smallest absolute Gasteiger partial charge is 0.134 e. The molecular weight excluding hydrogens is 338 g/mol. The third-order valence-corrected chi connectivity index (χ3v) is 4.32. The standard InChI is InChI=1S/C16H15BrClNO/c17-14-9-12(18)6-8-16(14)20-13-7-5-11-3-1-2-4-15(11)19-10-13/h1-4,6,8-9,13,19H,5,7,10H2. The first-order valence-corrected chi connectivity index (χ1v) is 7.83. The lowest BCUT2D eigenvalue weighted by atomic mass is 10.1. The Morgan fingerprint density at radius 1 is 1.20 bits per heavy atom. The fourth-order valence-electron chi connectivity index (χ4n) is 2.40. The van der Waals surface area contributed by atoms with Crippen molar-refractivity contribution in [3.05, 3.63) is 57.5 Å². The van der Waals surface area contributed by atoms with Crippen molar-refractivity contribution in [2.45, 2.75) is 18.9 Å². The number of para-hydroxylation sites is 1. The molecule has 2 aromatic rings. The zero-order valence-electron chi connectivity index (χ0n) is 10.9. The van der Waals surface area contributed by atoms with Crippen LogP contribution in [0.5, 0.6) is 5.75 Å². The molecule has 1 N–H and O–H groups in total. The van der Waals surface area contributed by atoms with Crippen molar-refractivity contribution in [1.82, 2.24) is 0 Å². The minimum atomic E-state index is 0.153. The van der Waals surface area contributed by atoms with E-state index in [-0.39, 0.29) is 6.10 Å². The van der Waals surface area contributed by atoms with Gasteiger partial charge in [-0.25, -0.2) is 0 Å². The number of nitrogens with one attached hydrogen (secondary N) is 1. The molecule has 1 atom stereocenters. The van der Waals surface area contributed by atoms with Gasteiger partial charge in [-0.15, -0.1) is 0 Å². The van der Waals surface area contributed by atoms with Crippen LogP contribution in [0.4, 0.5) is 5.69 Å². The number of benzene rings is 2. The quantitative estimate of drug-likeness (QED) is 0.829. The Morgan fingerprint density at radius 3 is 2.90 bits per heavy atom. The molecule has 0 aromatic heterocycles. The molecule has 4 heteroatoms. The maximum absolute atomic E-state index is 6.08. The van der Waals surface area contributed by atoms with Crippen molar-refractivity contribution >= 4 is 33.2 Å². The number of rotatable bonds is 2. The molecule has 1 heterocycles. The largest absolute Gasteiger partial charge is 0.487 e. The van der Waals surface area contributed by atoms with Crippen LogP contribution in [0.3, 0.4) is 0 Å². The first-order chi connectivity index (χ1) is 9.72. The van der Waals surface area contributed by atoms with Gasteiger partial charge >= 0.3 is 0 Å². The van der Waals surface area contributed by atoms with Crippen molar-refractivity contribution in [2.75, 3.05) is 11.9 Å². The highest BCUT2D eigenvalue weighted by Crippen LogP contribution is 2.30. The van der Waals surface area contributed by atoms with Gasteiger partial charge in [-0.05, 0) is 58.6 Å². The predicted octanol–water partition coefficient (Wildman–Crippen LogP) is 4.91. The minimum absolute atomic E-state index is 0.153. The second-order valence-electron chi connectivity index (χ2n) is 4.89. The fraction of sp³-hybridized carbons (Fsp3) is 0.250. The van der Waals surface area contributed by atoms with Gasteiger partial charge in [-0.1, -0.05) is 29.8 Å². The van der Waals surface area contributed by atoms with Crippen molar-refractivity contribution in [2.24, 2.45) is 0 Å². The second kappa shape index (κ2) is 6.06. The molecule has 1 unspecified atom stereocenters. The summed E-state index contributed by atoms with van der Waals surface area (Å²) in [4.78, 5) is 0. The Hall–Kier alpha value is -1.19. The lowest BCUT2D eigenvalue weighted by molar-refractivity contribution is 0.205. The number of hydrogen-bond acceptors (Lipinski definition) is 2. The lowest BCUT2D eigenvalue weighted by Gasteiger charge is -2.18. The molecule has 0 fully saturated rings. The van der Waals surface area contributed by atoms with Crippen LogP contribution in [0.1, 0.15) is 12.0 Å². The number of anilines is 1.